The van der Waals surface area contributed by atoms with Gasteiger partial charge in [-0.15, -0.1) is 0 Å². The van der Waals surface area contributed by atoms with Gasteiger partial charge in [0.1, 0.15) is 6.61 Å². The largest absolute Gasteiger partial charge is 0.493 e. The third kappa shape index (κ3) is 5.58. The Morgan fingerprint density at radius 3 is 2.57 bits per heavy atom. The predicted octanol–water partition coefficient (Wildman–Crippen LogP) is 6.56. The molecule has 10 heteroatoms. The van der Waals surface area contributed by atoms with Crippen molar-refractivity contribution >= 4 is 61.7 Å². The highest BCUT2D eigenvalue weighted by Gasteiger charge is 2.33. The van der Waals surface area contributed by atoms with E-state index in [1.165, 1.54) is 23.0 Å². The molecule has 0 radical (unpaired) electrons. The molecule has 222 valence electrons. The molecule has 1 aliphatic heterocycles. The Labute approximate surface area is 270 Å². The monoisotopic (exact) mass is 688 g/mol. The van der Waals surface area contributed by atoms with Gasteiger partial charge in [0.2, 0.25) is 0 Å². The molecule has 0 unspecified atom stereocenters. The van der Waals surface area contributed by atoms with Crippen LogP contribution in [0.25, 0.3) is 16.8 Å². The first kappa shape index (κ1) is 29.9. The van der Waals surface area contributed by atoms with Crippen molar-refractivity contribution in [1.82, 2.24) is 4.57 Å². The first-order valence-corrected chi connectivity index (χ1v) is 15.6. The number of benzene rings is 4. The van der Waals surface area contributed by atoms with E-state index in [1.54, 1.807) is 44.4 Å². The van der Waals surface area contributed by atoms with Gasteiger partial charge in [-0.2, -0.15) is 0 Å². The van der Waals surface area contributed by atoms with E-state index < -0.39 is 12.0 Å². The Hall–Kier alpha value is -4.18. The second kappa shape index (κ2) is 12.4. The molecule has 0 aliphatic carbocycles. The molecule has 1 atom stereocenters. The van der Waals surface area contributed by atoms with E-state index in [9.17, 15) is 9.59 Å². The Kier molecular flexibility index (Phi) is 8.44. The maximum Gasteiger partial charge on any atom is 0.338 e. The van der Waals surface area contributed by atoms with Gasteiger partial charge in [0.15, 0.2) is 16.3 Å². The Morgan fingerprint density at radius 2 is 1.82 bits per heavy atom. The fraction of sp³-hybridized carbons (Fsp3) is 0.147. The Bertz CT molecular complexity index is 2130. The van der Waals surface area contributed by atoms with Crippen molar-refractivity contribution in [2.24, 2.45) is 4.99 Å². The van der Waals surface area contributed by atoms with Gasteiger partial charge in [-0.05, 0) is 80.7 Å². The molecule has 0 N–H and O–H groups in total. The van der Waals surface area contributed by atoms with Crippen molar-refractivity contribution in [2.75, 3.05) is 14.2 Å². The van der Waals surface area contributed by atoms with Crippen molar-refractivity contribution < 1.29 is 19.0 Å². The van der Waals surface area contributed by atoms with Crippen LogP contribution in [-0.4, -0.2) is 24.8 Å². The highest BCUT2D eigenvalue weighted by Crippen LogP contribution is 2.38. The second-order valence-corrected chi connectivity index (χ2v) is 12.4. The predicted molar refractivity (Wildman–Crippen MR) is 176 cm³/mol. The second-order valence-electron chi connectivity index (χ2n) is 10.1. The molecule has 6 rings (SSSR count). The van der Waals surface area contributed by atoms with Crippen molar-refractivity contribution in [3.63, 3.8) is 0 Å². The molecule has 0 fully saturated rings. The third-order valence-electron chi connectivity index (χ3n) is 7.41. The van der Waals surface area contributed by atoms with Crippen LogP contribution >= 0.6 is 38.9 Å². The lowest BCUT2D eigenvalue weighted by Crippen LogP contribution is -2.39. The lowest BCUT2D eigenvalue weighted by atomic mass is 9.96. The number of hydrogen-bond donors (Lipinski definition) is 0. The van der Waals surface area contributed by atoms with E-state index in [2.05, 4.69) is 39.1 Å². The van der Waals surface area contributed by atoms with E-state index in [4.69, 9.17) is 25.8 Å². The maximum atomic E-state index is 13.9. The molecule has 4 aromatic carbocycles. The molecule has 1 aromatic heterocycles. The van der Waals surface area contributed by atoms with E-state index in [0.717, 1.165) is 21.9 Å². The van der Waals surface area contributed by atoms with Crippen molar-refractivity contribution in [2.45, 2.75) is 19.6 Å². The van der Waals surface area contributed by atoms with Crippen molar-refractivity contribution in [3.8, 4) is 11.5 Å². The fourth-order valence-electron chi connectivity index (χ4n) is 5.34. The molecule has 2 heterocycles. The minimum Gasteiger partial charge on any atom is -0.493 e. The Balaban J connectivity index is 1.39. The number of halogens is 2. The zero-order chi connectivity index (χ0) is 31.0. The van der Waals surface area contributed by atoms with Crippen LogP contribution in [0.15, 0.2) is 104 Å². The summed E-state index contributed by atoms with van der Waals surface area (Å²) >= 11 is 11.0. The zero-order valence-corrected chi connectivity index (χ0v) is 27.1. The number of hydrogen-bond acceptors (Lipinski definition) is 7. The topological polar surface area (TPSA) is 79.1 Å². The summed E-state index contributed by atoms with van der Waals surface area (Å²) in [4.78, 5) is 31.9. The normalized spacial score (nSPS) is 14.8. The number of thiazole rings is 1. The van der Waals surface area contributed by atoms with Crippen LogP contribution in [0.5, 0.6) is 11.5 Å². The molecule has 1 aliphatic rings. The molecule has 5 aromatic rings. The third-order valence-corrected chi connectivity index (χ3v) is 9.24. The minimum atomic E-state index is -0.718. The average molecular weight is 690 g/mol. The summed E-state index contributed by atoms with van der Waals surface area (Å²) in [6.45, 7) is 2.09. The number of aromatic nitrogens is 1. The maximum absolute atomic E-state index is 13.9. The molecule has 7 nitrogen and oxygen atoms in total. The Morgan fingerprint density at radius 1 is 1.07 bits per heavy atom. The molecule has 0 saturated heterocycles. The summed E-state index contributed by atoms with van der Waals surface area (Å²) in [5.41, 5.74) is 3.00. The smallest absolute Gasteiger partial charge is 0.338 e. The summed E-state index contributed by atoms with van der Waals surface area (Å²) in [5, 5.41) is 2.81. The van der Waals surface area contributed by atoms with Crippen LogP contribution in [0.2, 0.25) is 5.02 Å². The van der Waals surface area contributed by atoms with Crippen LogP contribution in [0.1, 0.15) is 29.7 Å². The van der Waals surface area contributed by atoms with E-state index in [0.29, 0.717) is 53.8 Å². The van der Waals surface area contributed by atoms with Crippen molar-refractivity contribution in [1.29, 1.82) is 0 Å². The van der Waals surface area contributed by atoms with Gasteiger partial charge in [0.05, 0.1) is 40.5 Å². The number of carbonyl (C=O) groups is 1. The lowest BCUT2D eigenvalue weighted by Gasteiger charge is -2.24. The highest BCUT2D eigenvalue weighted by atomic mass is 79.9. The van der Waals surface area contributed by atoms with E-state index >= 15 is 0 Å². The quantitative estimate of drug-likeness (QED) is 0.181. The minimum absolute atomic E-state index is 0.283. The van der Waals surface area contributed by atoms with Gasteiger partial charge in [0, 0.05) is 5.02 Å². The van der Waals surface area contributed by atoms with Gasteiger partial charge >= 0.3 is 5.97 Å². The van der Waals surface area contributed by atoms with Crippen LogP contribution < -0.4 is 24.4 Å². The highest BCUT2D eigenvalue weighted by molar-refractivity contribution is 9.10. The number of nitrogens with zero attached hydrogens (tertiary/aromatic N) is 2. The van der Waals surface area contributed by atoms with Crippen LogP contribution in [0.4, 0.5) is 0 Å². The number of allylic oxidation sites excluding steroid dienone is 1. The molecule has 0 bridgehead atoms. The standard InChI is InChI=1S/C34H26BrClN2O5S/c1-19-29(33(40)42-3)30(22-11-13-24(36)14-12-22)38-32(39)28(44-34(38)37-19)17-20-15-26(35)31(27(16-20)41-2)43-18-23-9-6-8-21-7-4-5-10-25(21)23/h4-17,30H,18H2,1-3H3/b28-17-/t30-/m1/s1. The molecule has 0 spiro atoms. The van der Waals surface area contributed by atoms with Crippen LogP contribution in [0, 0.1) is 0 Å². The molecule has 0 saturated carbocycles. The molecule has 0 amide bonds. The zero-order valence-electron chi connectivity index (χ0n) is 24.0. The number of carbonyl (C=O) groups excluding carboxylic acids is 1. The summed E-state index contributed by atoms with van der Waals surface area (Å²) in [6, 6.07) is 24.3. The first-order chi connectivity index (χ1) is 21.3. The fourth-order valence-corrected chi connectivity index (χ4v) is 7.08. The number of ether oxygens (including phenoxy) is 3. The number of esters is 1. The first-order valence-electron chi connectivity index (χ1n) is 13.6. The van der Waals surface area contributed by atoms with Crippen molar-refractivity contribution in [3.05, 3.63) is 136 Å². The van der Waals surface area contributed by atoms with Crippen LogP contribution in [-0.2, 0) is 16.1 Å². The van der Waals surface area contributed by atoms with E-state index in [-0.39, 0.29) is 5.56 Å². The molecular weight excluding hydrogens is 664 g/mol. The van der Waals surface area contributed by atoms with Gasteiger partial charge in [0.25, 0.3) is 5.56 Å². The summed E-state index contributed by atoms with van der Waals surface area (Å²) in [7, 11) is 2.89. The molecule has 44 heavy (non-hydrogen) atoms. The van der Waals surface area contributed by atoms with E-state index in [1.807, 2.05) is 36.4 Å². The average Bonchev–Trinajstić information content (AvgIpc) is 3.33. The number of fused-ring (bicyclic) bond motifs is 2. The summed E-state index contributed by atoms with van der Waals surface area (Å²) < 4.78 is 19.7. The summed E-state index contributed by atoms with van der Waals surface area (Å²) in [5.74, 6) is 0.523. The number of methoxy groups -OCH3 is 2. The molecular formula is C34H26BrClN2O5S. The van der Waals surface area contributed by atoms with Gasteiger partial charge in [-0.25, -0.2) is 9.79 Å². The SMILES string of the molecule is COC(=O)C1=C(C)N=c2s/c(=C\c3cc(Br)c(OCc4cccc5ccccc45)c(OC)c3)c(=O)n2[C@@H]1c1ccc(Cl)cc1. The number of rotatable bonds is 7. The van der Waals surface area contributed by atoms with Crippen LogP contribution in [0.3, 0.4) is 0 Å². The van der Waals surface area contributed by atoms with Gasteiger partial charge < -0.3 is 14.2 Å². The van der Waals surface area contributed by atoms with Gasteiger partial charge in [-0.1, -0.05) is 77.5 Å². The lowest BCUT2D eigenvalue weighted by molar-refractivity contribution is -0.136. The van der Waals surface area contributed by atoms with Gasteiger partial charge in [-0.3, -0.25) is 9.36 Å². The summed E-state index contributed by atoms with van der Waals surface area (Å²) in [6.07, 6.45) is 1.78.